The maximum atomic E-state index is 12.0. The quantitative estimate of drug-likeness (QED) is 0.387. The Morgan fingerprint density at radius 1 is 1.00 bits per heavy atom. The number of carbonyl (C=O) groups excluding carboxylic acids is 2. The fourth-order valence-corrected chi connectivity index (χ4v) is 1.92. The highest BCUT2D eigenvalue weighted by Crippen LogP contribution is 2.14. The monoisotopic (exact) mass is 317 g/mol. The Kier molecular flexibility index (Phi) is 10.8. The Morgan fingerprint density at radius 3 is 2.00 bits per heavy atom. The molecular weight excluding hydrogens is 286 g/mol. The normalized spacial score (nSPS) is 11.5. The smallest absolute Gasteiger partial charge is 0.235 e. The molecule has 0 fully saturated rings. The summed E-state index contributed by atoms with van der Waals surface area (Å²) in [6.07, 6.45) is 0.809. The van der Waals surface area contributed by atoms with Crippen LogP contribution in [0.2, 0.25) is 0 Å². The highest BCUT2D eigenvalue weighted by molar-refractivity contribution is 6.04. The van der Waals surface area contributed by atoms with E-state index in [1.54, 1.807) is 28.1 Å². The van der Waals surface area contributed by atoms with Crippen LogP contribution in [-0.4, -0.2) is 77.4 Å². The van der Waals surface area contributed by atoms with Crippen LogP contribution in [0.1, 0.15) is 20.3 Å². The van der Waals surface area contributed by atoms with Gasteiger partial charge < -0.3 is 20.1 Å². The third kappa shape index (κ3) is 7.72. The summed E-state index contributed by atoms with van der Waals surface area (Å²) in [5, 5.41) is 5.32. The van der Waals surface area contributed by atoms with Gasteiger partial charge >= 0.3 is 0 Å². The van der Waals surface area contributed by atoms with Gasteiger partial charge in [-0.3, -0.25) is 14.5 Å². The molecule has 0 bridgehead atoms. The lowest BCUT2D eigenvalue weighted by molar-refractivity contribution is -0.141. The third-order valence-electron chi connectivity index (χ3n) is 3.52. The van der Waals surface area contributed by atoms with E-state index in [0.717, 1.165) is 26.1 Å². The Bertz CT molecular complexity index is 327. The molecule has 0 aliphatic heterocycles. The van der Waals surface area contributed by atoms with Crippen molar-refractivity contribution in [1.29, 1.82) is 0 Å². The van der Waals surface area contributed by atoms with E-state index in [1.165, 1.54) is 7.05 Å². The number of ether oxygens (including phenoxy) is 2. The average Bonchev–Trinajstić information content (AvgIpc) is 2.51. The second kappa shape index (κ2) is 11.4. The van der Waals surface area contributed by atoms with Crippen LogP contribution in [0.25, 0.3) is 0 Å². The molecule has 0 aromatic heterocycles. The summed E-state index contributed by atoms with van der Waals surface area (Å²) in [7, 11) is 4.88. The number of hydrogen-bond acceptors (Lipinski definition) is 5. The first-order valence-corrected chi connectivity index (χ1v) is 7.60. The Labute approximate surface area is 133 Å². The third-order valence-corrected chi connectivity index (χ3v) is 3.52. The summed E-state index contributed by atoms with van der Waals surface area (Å²) in [5.74, 6) is -0.543. The first-order chi connectivity index (χ1) is 10.4. The number of amides is 2. The fraction of sp³-hybridized carbons (Fsp3) is 0.867. The van der Waals surface area contributed by atoms with Crippen LogP contribution >= 0.6 is 0 Å². The molecule has 0 aliphatic carbocycles. The molecular formula is C15H31N3O4. The predicted molar refractivity (Wildman–Crippen MR) is 85.7 cm³/mol. The predicted octanol–water partition coefficient (Wildman–Crippen LogP) is -0.140. The van der Waals surface area contributed by atoms with Crippen molar-refractivity contribution >= 4 is 11.8 Å². The van der Waals surface area contributed by atoms with Crippen LogP contribution in [0, 0.1) is 5.41 Å². The van der Waals surface area contributed by atoms with Gasteiger partial charge in [-0.25, -0.2) is 0 Å². The molecule has 0 atom stereocenters. The number of hydrogen-bond donors (Lipinski definition) is 2. The second-order valence-electron chi connectivity index (χ2n) is 5.64. The Hall–Kier alpha value is -1.18. The molecule has 22 heavy (non-hydrogen) atoms. The molecule has 0 rings (SSSR count). The van der Waals surface area contributed by atoms with Crippen LogP contribution < -0.4 is 10.6 Å². The molecule has 7 heteroatoms. The molecule has 130 valence electrons. The van der Waals surface area contributed by atoms with Crippen LogP contribution in [0.15, 0.2) is 0 Å². The van der Waals surface area contributed by atoms with Gasteiger partial charge in [0.15, 0.2) is 0 Å². The lowest BCUT2D eigenvalue weighted by Gasteiger charge is -2.23. The summed E-state index contributed by atoms with van der Waals surface area (Å²) in [4.78, 5) is 25.9. The first kappa shape index (κ1) is 20.8. The number of nitrogens with one attached hydrogen (secondary N) is 2. The molecule has 0 aromatic carbocycles. The highest BCUT2D eigenvalue weighted by Gasteiger charge is 2.34. The molecule has 0 radical (unpaired) electrons. The summed E-state index contributed by atoms with van der Waals surface area (Å²) in [5.41, 5.74) is -1.06. The van der Waals surface area contributed by atoms with E-state index in [4.69, 9.17) is 9.47 Å². The zero-order valence-electron chi connectivity index (χ0n) is 14.5. The van der Waals surface area contributed by atoms with E-state index in [0.29, 0.717) is 19.8 Å². The summed E-state index contributed by atoms with van der Waals surface area (Å²) < 4.78 is 10.2. The molecule has 0 aromatic rings. The van der Waals surface area contributed by atoms with E-state index in [1.807, 2.05) is 0 Å². The maximum absolute atomic E-state index is 12.0. The van der Waals surface area contributed by atoms with Gasteiger partial charge in [0.2, 0.25) is 11.8 Å². The van der Waals surface area contributed by atoms with Gasteiger partial charge in [0.05, 0.1) is 13.2 Å². The zero-order chi connectivity index (χ0) is 17.0. The first-order valence-electron chi connectivity index (χ1n) is 7.60. The van der Waals surface area contributed by atoms with Crippen molar-refractivity contribution in [3.05, 3.63) is 0 Å². The van der Waals surface area contributed by atoms with Crippen molar-refractivity contribution in [3.63, 3.8) is 0 Å². The van der Waals surface area contributed by atoms with Crippen LogP contribution in [0.4, 0.5) is 0 Å². The van der Waals surface area contributed by atoms with Crippen LogP contribution in [0.3, 0.4) is 0 Å². The minimum atomic E-state index is -1.06. The molecule has 2 N–H and O–H groups in total. The maximum Gasteiger partial charge on any atom is 0.235 e. The molecule has 0 heterocycles. The van der Waals surface area contributed by atoms with Gasteiger partial charge in [-0.05, 0) is 26.8 Å². The molecule has 0 saturated carbocycles. The lowest BCUT2D eigenvalue weighted by atomic mass is 9.91. The van der Waals surface area contributed by atoms with Gasteiger partial charge in [-0.1, -0.05) is 0 Å². The molecule has 7 nitrogen and oxygen atoms in total. The molecule has 0 aliphatic rings. The van der Waals surface area contributed by atoms with Gasteiger partial charge in [0.25, 0.3) is 0 Å². The van der Waals surface area contributed by atoms with E-state index in [2.05, 4.69) is 15.5 Å². The molecule has 0 unspecified atom stereocenters. The number of rotatable bonds is 12. The molecule has 0 spiro atoms. The van der Waals surface area contributed by atoms with E-state index in [-0.39, 0.29) is 11.8 Å². The highest BCUT2D eigenvalue weighted by atomic mass is 16.5. The summed E-state index contributed by atoms with van der Waals surface area (Å²) in [6.45, 7) is 7.60. The molecule has 2 amide bonds. The standard InChI is InChI=1S/C15H31N3O4/c1-15(2,13(19)16-3)14(20)17-7-6-8-18(9-11-21-4)10-12-22-5/h6-12H2,1-5H3,(H,16,19)(H,17,20). The summed E-state index contributed by atoms with van der Waals surface area (Å²) in [6, 6.07) is 0. The van der Waals surface area contributed by atoms with Crippen molar-refractivity contribution in [2.24, 2.45) is 5.41 Å². The van der Waals surface area contributed by atoms with E-state index in [9.17, 15) is 9.59 Å². The minimum Gasteiger partial charge on any atom is -0.383 e. The Morgan fingerprint density at radius 2 is 1.55 bits per heavy atom. The van der Waals surface area contributed by atoms with Crippen molar-refractivity contribution < 1.29 is 19.1 Å². The molecule has 0 saturated heterocycles. The number of nitrogens with zero attached hydrogens (tertiary/aromatic N) is 1. The number of methoxy groups -OCH3 is 2. The fourth-order valence-electron chi connectivity index (χ4n) is 1.92. The van der Waals surface area contributed by atoms with Gasteiger partial charge in [-0.15, -0.1) is 0 Å². The van der Waals surface area contributed by atoms with Crippen molar-refractivity contribution in [1.82, 2.24) is 15.5 Å². The Balaban J connectivity index is 4.10. The minimum absolute atomic E-state index is 0.257. The van der Waals surface area contributed by atoms with E-state index >= 15 is 0 Å². The summed E-state index contributed by atoms with van der Waals surface area (Å²) >= 11 is 0. The van der Waals surface area contributed by atoms with Crippen molar-refractivity contribution in [2.75, 3.05) is 60.7 Å². The van der Waals surface area contributed by atoms with Gasteiger partial charge in [0.1, 0.15) is 5.41 Å². The average molecular weight is 317 g/mol. The van der Waals surface area contributed by atoms with E-state index < -0.39 is 5.41 Å². The largest absolute Gasteiger partial charge is 0.383 e. The lowest BCUT2D eigenvalue weighted by Crippen LogP contribution is -2.47. The topological polar surface area (TPSA) is 79.9 Å². The zero-order valence-corrected chi connectivity index (χ0v) is 14.5. The SMILES string of the molecule is CNC(=O)C(C)(C)C(=O)NCCCN(CCOC)CCOC. The van der Waals surface area contributed by atoms with Crippen LogP contribution in [-0.2, 0) is 19.1 Å². The van der Waals surface area contributed by atoms with Gasteiger partial charge in [0, 0.05) is 40.9 Å². The number of carbonyl (C=O) groups is 2. The van der Waals surface area contributed by atoms with Crippen LogP contribution in [0.5, 0.6) is 0 Å². The van der Waals surface area contributed by atoms with Crippen molar-refractivity contribution in [2.45, 2.75) is 20.3 Å². The van der Waals surface area contributed by atoms with Gasteiger partial charge in [-0.2, -0.15) is 0 Å². The van der Waals surface area contributed by atoms with Crippen molar-refractivity contribution in [3.8, 4) is 0 Å². The second-order valence-corrected chi connectivity index (χ2v) is 5.64.